The molecule has 2 aliphatic carbocycles. The van der Waals surface area contributed by atoms with Crippen LogP contribution in [0.15, 0.2) is 84.9 Å². The van der Waals surface area contributed by atoms with Gasteiger partial charge < -0.3 is 9.47 Å². The molecule has 0 heterocycles. The highest BCUT2D eigenvalue weighted by atomic mass is 35.5. The van der Waals surface area contributed by atoms with E-state index in [0.717, 1.165) is 0 Å². The summed E-state index contributed by atoms with van der Waals surface area (Å²) in [6, 6.07) is 21.7. The molecular formula is C28H14Cl2O4. The number of halogens is 2. The summed E-state index contributed by atoms with van der Waals surface area (Å²) < 4.78 is 12.2. The molecule has 0 spiro atoms. The van der Waals surface area contributed by atoms with Crippen LogP contribution < -0.4 is 9.47 Å². The van der Waals surface area contributed by atoms with E-state index in [9.17, 15) is 9.59 Å². The number of benzene rings is 4. The number of allylic oxidation sites excluding steroid dienone is 2. The molecule has 0 saturated heterocycles. The van der Waals surface area contributed by atoms with E-state index in [1.54, 1.807) is 36.4 Å². The van der Waals surface area contributed by atoms with Crippen LogP contribution in [0.2, 0.25) is 0 Å². The Morgan fingerprint density at radius 3 is 1.32 bits per heavy atom. The number of rotatable bonds is 4. The normalized spacial score (nSPS) is 14.1. The molecule has 0 amide bonds. The van der Waals surface area contributed by atoms with Crippen molar-refractivity contribution in [1.29, 1.82) is 0 Å². The fraction of sp³-hybridized carbons (Fsp3) is 0. The Kier molecular flexibility index (Phi) is 4.80. The van der Waals surface area contributed by atoms with Gasteiger partial charge in [-0.3, -0.25) is 9.59 Å². The van der Waals surface area contributed by atoms with Gasteiger partial charge in [0.25, 0.3) is 0 Å². The minimum absolute atomic E-state index is 0.253. The standard InChI is InChI=1S/C28H14Cl2O4/c29-19-14-22(32)28-24(34-16-9-5-2-6-10-16)12-18-20(30)13-21(31)27-23(11-17(19)26(28)25(18)27)33-15-7-3-1-4-8-15/h1-14H. The molecule has 0 aromatic heterocycles. The average Bonchev–Trinajstić information content (AvgIpc) is 2.83. The van der Waals surface area contributed by atoms with Gasteiger partial charge >= 0.3 is 0 Å². The lowest BCUT2D eigenvalue weighted by Gasteiger charge is -2.25. The van der Waals surface area contributed by atoms with E-state index >= 15 is 0 Å². The molecule has 0 unspecified atom stereocenters. The molecule has 4 aromatic rings. The molecule has 6 heteroatoms. The van der Waals surface area contributed by atoms with Crippen LogP contribution >= 0.6 is 23.2 Å². The number of hydrogen-bond acceptors (Lipinski definition) is 4. The number of ketones is 2. The SMILES string of the molecule is O=C1C=C(Cl)c2cc(Oc3ccccc3)c3c4c(cc(Oc5ccccc5)c1c24)C(Cl)=CC3=O. The molecule has 0 N–H and O–H groups in total. The van der Waals surface area contributed by atoms with E-state index in [1.165, 1.54) is 12.2 Å². The van der Waals surface area contributed by atoms with E-state index < -0.39 is 0 Å². The first kappa shape index (κ1) is 20.7. The van der Waals surface area contributed by atoms with Gasteiger partial charge in [0.2, 0.25) is 0 Å². The van der Waals surface area contributed by atoms with E-state index in [2.05, 4.69) is 0 Å². The maximum atomic E-state index is 13.2. The van der Waals surface area contributed by atoms with Crippen molar-refractivity contribution in [1.82, 2.24) is 0 Å². The lowest BCUT2D eigenvalue weighted by molar-refractivity contribution is 0.103. The molecule has 4 nitrogen and oxygen atoms in total. The van der Waals surface area contributed by atoms with Crippen LogP contribution in [0.5, 0.6) is 23.0 Å². The van der Waals surface area contributed by atoms with Crippen molar-refractivity contribution >= 4 is 55.6 Å². The zero-order valence-electron chi connectivity index (χ0n) is 17.5. The summed E-state index contributed by atoms with van der Waals surface area (Å²) in [4.78, 5) is 26.3. The number of hydrogen-bond donors (Lipinski definition) is 0. The number of carbonyl (C=O) groups is 2. The minimum Gasteiger partial charge on any atom is -0.457 e. The summed E-state index contributed by atoms with van der Waals surface area (Å²) in [5.41, 5.74) is 1.79. The highest BCUT2D eigenvalue weighted by molar-refractivity contribution is 6.56. The first-order valence-corrected chi connectivity index (χ1v) is 11.2. The van der Waals surface area contributed by atoms with Crippen molar-refractivity contribution in [2.45, 2.75) is 0 Å². The van der Waals surface area contributed by atoms with Crippen molar-refractivity contribution in [2.75, 3.05) is 0 Å². The summed E-state index contributed by atoms with van der Waals surface area (Å²) in [6.45, 7) is 0. The summed E-state index contributed by atoms with van der Waals surface area (Å²) in [5.74, 6) is 1.19. The van der Waals surface area contributed by atoms with Crippen LogP contribution in [0.25, 0.3) is 20.8 Å². The molecule has 0 saturated carbocycles. The summed E-state index contributed by atoms with van der Waals surface area (Å²) in [7, 11) is 0. The van der Waals surface area contributed by atoms with Gasteiger partial charge in [0, 0.05) is 34.1 Å². The Morgan fingerprint density at radius 1 is 0.559 bits per heavy atom. The molecule has 0 atom stereocenters. The Labute approximate surface area is 204 Å². The maximum Gasteiger partial charge on any atom is 0.191 e. The molecule has 0 fully saturated rings. The predicted molar refractivity (Wildman–Crippen MR) is 133 cm³/mol. The van der Waals surface area contributed by atoms with Gasteiger partial charge in [0.1, 0.15) is 23.0 Å². The summed E-state index contributed by atoms with van der Waals surface area (Å²) in [6.07, 6.45) is 2.71. The Morgan fingerprint density at radius 2 is 0.941 bits per heavy atom. The first-order chi connectivity index (χ1) is 16.5. The molecule has 6 rings (SSSR count). The van der Waals surface area contributed by atoms with Crippen LogP contribution in [-0.4, -0.2) is 11.6 Å². The van der Waals surface area contributed by atoms with E-state index in [-0.39, 0.29) is 21.6 Å². The fourth-order valence-electron chi connectivity index (χ4n) is 4.37. The lowest BCUT2D eigenvalue weighted by Crippen LogP contribution is -2.13. The van der Waals surface area contributed by atoms with Crippen LogP contribution in [0.4, 0.5) is 0 Å². The van der Waals surface area contributed by atoms with E-state index in [1.807, 2.05) is 36.4 Å². The molecule has 4 aromatic carbocycles. The van der Waals surface area contributed by atoms with Crippen molar-refractivity contribution in [3.8, 4) is 23.0 Å². The second-order valence-corrected chi connectivity index (χ2v) is 8.70. The third-order valence-corrected chi connectivity index (χ3v) is 6.42. The third-order valence-electron chi connectivity index (χ3n) is 5.80. The smallest absolute Gasteiger partial charge is 0.191 e. The molecular weight excluding hydrogens is 471 g/mol. The predicted octanol–water partition coefficient (Wildman–Crippen LogP) is 7.98. The summed E-state index contributed by atoms with van der Waals surface area (Å²) in [5, 5.41) is 1.55. The van der Waals surface area contributed by atoms with Gasteiger partial charge in [-0.2, -0.15) is 0 Å². The lowest BCUT2D eigenvalue weighted by atomic mass is 9.83. The molecule has 0 radical (unpaired) electrons. The van der Waals surface area contributed by atoms with Crippen LogP contribution in [0, 0.1) is 0 Å². The van der Waals surface area contributed by atoms with Crippen molar-refractivity contribution < 1.29 is 19.1 Å². The highest BCUT2D eigenvalue weighted by Gasteiger charge is 2.33. The minimum atomic E-state index is -0.309. The number of carbonyl (C=O) groups excluding carboxylic acids is 2. The van der Waals surface area contributed by atoms with Gasteiger partial charge in [-0.1, -0.05) is 59.6 Å². The second kappa shape index (κ2) is 7.87. The van der Waals surface area contributed by atoms with Crippen molar-refractivity contribution in [2.24, 2.45) is 0 Å². The first-order valence-electron chi connectivity index (χ1n) is 10.5. The van der Waals surface area contributed by atoms with Gasteiger partial charge in [-0.25, -0.2) is 0 Å². The second-order valence-electron chi connectivity index (χ2n) is 7.89. The Hall–Kier alpha value is -3.86. The molecule has 0 bridgehead atoms. The van der Waals surface area contributed by atoms with Gasteiger partial charge in [0.15, 0.2) is 11.6 Å². The fourth-order valence-corrected chi connectivity index (χ4v) is 4.87. The van der Waals surface area contributed by atoms with Gasteiger partial charge in [0.05, 0.1) is 21.2 Å². The monoisotopic (exact) mass is 484 g/mol. The summed E-state index contributed by atoms with van der Waals surface area (Å²) >= 11 is 13.1. The topological polar surface area (TPSA) is 52.6 Å². The maximum absolute atomic E-state index is 13.2. The third kappa shape index (κ3) is 3.23. The van der Waals surface area contributed by atoms with Crippen LogP contribution in [0.3, 0.4) is 0 Å². The zero-order valence-corrected chi connectivity index (χ0v) is 19.0. The molecule has 34 heavy (non-hydrogen) atoms. The van der Waals surface area contributed by atoms with E-state index in [4.69, 9.17) is 32.7 Å². The quantitative estimate of drug-likeness (QED) is 0.294. The largest absolute Gasteiger partial charge is 0.457 e. The van der Waals surface area contributed by atoms with Gasteiger partial charge in [-0.05, 0) is 36.4 Å². The molecule has 164 valence electrons. The van der Waals surface area contributed by atoms with Crippen LogP contribution in [0.1, 0.15) is 31.8 Å². The number of para-hydroxylation sites is 2. The Bertz CT molecular complexity index is 1470. The zero-order chi connectivity index (χ0) is 23.4. The van der Waals surface area contributed by atoms with Crippen molar-refractivity contribution in [3.63, 3.8) is 0 Å². The van der Waals surface area contributed by atoms with Gasteiger partial charge in [-0.15, -0.1) is 0 Å². The average molecular weight is 485 g/mol. The van der Waals surface area contributed by atoms with Crippen LogP contribution in [-0.2, 0) is 0 Å². The van der Waals surface area contributed by atoms with E-state index in [0.29, 0.717) is 56.0 Å². The van der Waals surface area contributed by atoms with Crippen molar-refractivity contribution in [3.05, 3.63) is 107 Å². The Balaban J connectivity index is 1.68. The molecule has 0 aliphatic heterocycles. The highest BCUT2D eigenvalue weighted by Crippen LogP contribution is 2.50. The number of ether oxygens (including phenoxy) is 2. The molecule has 2 aliphatic rings.